The second-order valence-corrected chi connectivity index (χ2v) is 7.25. The Balaban J connectivity index is 1.77. The molecule has 2 heterocycles. The highest BCUT2D eigenvalue weighted by Gasteiger charge is 2.24. The van der Waals surface area contributed by atoms with Crippen molar-refractivity contribution in [1.82, 2.24) is 4.90 Å². The fraction of sp³-hybridized carbons (Fsp3) is 0.312. The smallest absolute Gasteiger partial charge is 0.272 e. The lowest BCUT2D eigenvalue weighted by Gasteiger charge is -2.25. The van der Waals surface area contributed by atoms with Gasteiger partial charge in [-0.05, 0) is 17.9 Å². The van der Waals surface area contributed by atoms with Gasteiger partial charge >= 0.3 is 0 Å². The van der Waals surface area contributed by atoms with Crippen LogP contribution in [0, 0.1) is 10.1 Å². The third kappa shape index (κ3) is 3.89. The first-order valence-corrected chi connectivity index (χ1v) is 9.37. The summed E-state index contributed by atoms with van der Waals surface area (Å²) in [5.74, 6) is 0.0176. The zero-order valence-electron chi connectivity index (χ0n) is 13.2. The molecule has 9 heteroatoms. The van der Waals surface area contributed by atoms with Crippen molar-refractivity contribution in [2.24, 2.45) is 0 Å². The van der Waals surface area contributed by atoms with Gasteiger partial charge in [0.1, 0.15) is 0 Å². The summed E-state index contributed by atoms with van der Waals surface area (Å²) in [4.78, 5) is 26.7. The van der Waals surface area contributed by atoms with Gasteiger partial charge in [0, 0.05) is 43.7 Å². The summed E-state index contributed by atoms with van der Waals surface area (Å²) >= 11 is 14.0. The molecule has 132 valence electrons. The second kappa shape index (κ2) is 7.59. The molecule has 0 radical (unpaired) electrons. The minimum Gasteiger partial charge on any atom is -0.367 e. The van der Waals surface area contributed by atoms with E-state index >= 15 is 0 Å². The predicted molar refractivity (Wildman–Crippen MR) is 100 cm³/mol. The van der Waals surface area contributed by atoms with E-state index in [4.69, 9.17) is 23.2 Å². The lowest BCUT2D eigenvalue weighted by Crippen LogP contribution is -2.35. The number of rotatable bonds is 3. The molecule has 1 fully saturated rings. The van der Waals surface area contributed by atoms with Crippen LogP contribution in [-0.4, -0.2) is 41.9 Å². The van der Waals surface area contributed by atoms with E-state index in [9.17, 15) is 14.9 Å². The Morgan fingerprint density at radius 2 is 1.88 bits per heavy atom. The highest BCUT2D eigenvalue weighted by Crippen LogP contribution is 2.37. The Morgan fingerprint density at radius 1 is 1.16 bits per heavy atom. The first-order valence-electron chi connectivity index (χ1n) is 7.67. The normalized spacial score (nSPS) is 15.1. The van der Waals surface area contributed by atoms with E-state index in [0.717, 1.165) is 6.42 Å². The number of thiophene rings is 1. The van der Waals surface area contributed by atoms with E-state index in [1.807, 2.05) is 26.6 Å². The third-order valence-corrected chi connectivity index (χ3v) is 5.34. The van der Waals surface area contributed by atoms with Gasteiger partial charge in [0.05, 0.1) is 26.2 Å². The number of nitrogens with zero attached hydrogens (tertiary/aromatic N) is 3. The summed E-state index contributed by atoms with van der Waals surface area (Å²) in [6.07, 6.45) is 0.763. The molecule has 2 aromatic rings. The number of halogens is 2. The van der Waals surface area contributed by atoms with E-state index < -0.39 is 4.92 Å². The quantitative estimate of drug-likeness (QED) is 0.569. The number of nitro groups is 1. The molecule has 1 amide bonds. The summed E-state index contributed by atoms with van der Waals surface area (Å²) in [6.45, 7) is 2.42. The van der Waals surface area contributed by atoms with Gasteiger partial charge in [-0.1, -0.05) is 23.2 Å². The molecule has 0 spiro atoms. The van der Waals surface area contributed by atoms with Crippen LogP contribution in [0.5, 0.6) is 0 Å². The molecular formula is C16H15Cl2N3O3S. The lowest BCUT2D eigenvalue weighted by molar-refractivity contribution is -0.384. The molecule has 25 heavy (non-hydrogen) atoms. The van der Waals surface area contributed by atoms with Crippen LogP contribution in [0.1, 0.15) is 16.8 Å². The molecule has 1 aromatic heterocycles. The molecule has 3 rings (SSSR count). The van der Waals surface area contributed by atoms with E-state index in [2.05, 4.69) is 0 Å². The lowest BCUT2D eigenvalue weighted by atomic mass is 10.2. The molecule has 0 N–H and O–H groups in total. The van der Waals surface area contributed by atoms with Gasteiger partial charge in [-0.15, -0.1) is 0 Å². The van der Waals surface area contributed by atoms with Crippen molar-refractivity contribution in [3.05, 3.63) is 54.7 Å². The topological polar surface area (TPSA) is 66.7 Å². The van der Waals surface area contributed by atoms with Gasteiger partial charge in [-0.3, -0.25) is 14.9 Å². The SMILES string of the molecule is O=C(c1ccsc1)N1CCCN(c2c(Cl)cc([N+](=O)[O-])cc2Cl)CC1. The summed E-state index contributed by atoms with van der Waals surface area (Å²) in [5.41, 5.74) is 1.14. The summed E-state index contributed by atoms with van der Waals surface area (Å²) in [5, 5.41) is 15.1. The van der Waals surface area contributed by atoms with Crippen molar-refractivity contribution >= 4 is 51.8 Å². The number of anilines is 1. The number of benzene rings is 1. The molecular weight excluding hydrogens is 385 g/mol. The Labute approximate surface area is 158 Å². The predicted octanol–water partition coefficient (Wildman–Crippen LogP) is 4.32. The maximum absolute atomic E-state index is 12.5. The van der Waals surface area contributed by atoms with E-state index in [-0.39, 0.29) is 21.6 Å². The van der Waals surface area contributed by atoms with Gasteiger partial charge < -0.3 is 9.80 Å². The first-order chi connectivity index (χ1) is 12.0. The maximum atomic E-state index is 12.5. The van der Waals surface area contributed by atoms with Crippen molar-refractivity contribution in [3.8, 4) is 0 Å². The number of nitro benzene ring substituents is 1. The summed E-state index contributed by atoms with van der Waals surface area (Å²) in [6, 6.07) is 4.43. The fourth-order valence-corrected chi connectivity index (χ4v) is 4.22. The van der Waals surface area contributed by atoms with Crippen LogP contribution in [0.2, 0.25) is 10.0 Å². The standard InChI is InChI=1S/C16H15Cl2N3O3S/c17-13-8-12(21(23)24)9-14(18)15(13)19-3-1-4-20(6-5-19)16(22)11-2-7-25-10-11/h2,7-10H,1,3-6H2. The van der Waals surface area contributed by atoms with Gasteiger partial charge in [-0.25, -0.2) is 0 Å². The molecule has 0 saturated carbocycles. The zero-order chi connectivity index (χ0) is 18.0. The van der Waals surface area contributed by atoms with E-state index in [1.54, 1.807) is 0 Å². The Hall–Kier alpha value is -1.83. The largest absolute Gasteiger partial charge is 0.367 e. The van der Waals surface area contributed by atoms with Crippen molar-refractivity contribution in [1.29, 1.82) is 0 Å². The number of carbonyl (C=O) groups excluding carboxylic acids is 1. The average molecular weight is 400 g/mol. The number of carbonyl (C=O) groups is 1. The van der Waals surface area contributed by atoms with Gasteiger partial charge in [0.2, 0.25) is 0 Å². The molecule has 0 atom stereocenters. The van der Waals surface area contributed by atoms with E-state index in [1.165, 1.54) is 23.5 Å². The van der Waals surface area contributed by atoms with Gasteiger partial charge in [0.15, 0.2) is 0 Å². The van der Waals surface area contributed by atoms with Gasteiger partial charge in [-0.2, -0.15) is 11.3 Å². The van der Waals surface area contributed by atoms with Crippen LogP contribution in [0.4, 0.5) is 11.4 Å². The molecule has 1 aromatic carbocycles. The maximum Gasteiger partial charge on any atom is 0.272 e. The minimum atomic E-state index is -0.523. The summed E-state index contributed by atoms with van der Waals surface area (Å²) in [7, 11) is 0. The third-order valence-electron chi connectivity index (χ3n) is 4.08. The van der Waals surface area contributed by atoms with Crippen molar-refractivity contribution < 1.29 is 9.72 Å². The highest BCUT2D eigenvalue weighted by molar-refractivity contribution is 7.08. The highest BCUT2D eigenvalue weighted by atomic mass is 35.5. The first kappa shape index (κ1) is 18.0. The van der Waals surface area contributed by atoms with E-state index in [0.29, 0.717) is 37.4 Å². The van der Waals surface area contributed by atoms with Crippen molar-refractivity contribution in [3.63, 3.8) is 0 Å². The summed E-state index contributed by atoms with van der Waals surface area (Å²) < 4.78 is 0. The number of hydrogen-bond donors (Lipinski definition) is 0. The van der Waals surface area contributed by atoms with Crippen molar-refractivity contribution in [2.45, 2.75) is 6.42 Å². The Kier molecular flexibility index (Phi) is 5.46. The number of non-ortho nitro benzene ring substituents is 1. The van der Waals surface area contributed by atoms with Crippen LogP contribution in [0.3, 0.4) is 0 Å². The zero-order valence-corrected chi connectivity index (χ0v) is 15.5. The van der Waals surface area contributed by atoms with Crippen LogP contribution in [0.25, 0.3) is 0 Å². The molecule has 1 saturated heterocycles. The van der Waals surface area contributed by atoms with Crippen LogP contribution >= 0.6 is 34.5 Å². The van der Waals surface area contributed by atoms with Crippen LogP contribution < -0.4 is 4.90 Å². The molecule has 1 aliphatic heterocycles. The molecule has 0 bridgehead atoms. The number of amides is 1. The number of hydrogen-bond acceptors (Lipinski definition) is 5. The molecule has 6 nitrogen and oxygen atoms in total. The van der Waals surface area contributed by atoms with Crippen LogP contribution in [0.15, 0.2) is 29.0 Å². The monoisotopic (exact) mass is 399 g/mol. The molecule has 0 unspecified atom stereocenters. The minimum absolute atomic E-state index is 0.0176. The second-order valence-electron chi connectivity index (χ2n) is 5.66. The Bertz CT molecular complexity index is 775. The fourth-order valence-electron chi connectivity index (χ4n) is 2.87. The van der Waals surface area contributed by atoms with Crippen LogP contribution in [-0.2, 0) is 0 Å². The Morgan fingerprint density at radius 3 is 2.48 bits per heavy atom. The average Bonchev–Trinajstić information content (AvgIpc) is 3.00. The molecule has 0 aliphatic carbocycles. The van der Waals surface area contributed by atoms with Gasteiger partial charge in [0.25, 0.3) is 11.6 Å². The van der Waals surface area contributed by atoms with Crippen molar-refractivity contribution in [2.75, 3.05) is 31.1 Å². The molecule has 1 aliphatic rings.